The molecule has 1 N–H and O–H groups in total. The van der Waals surface area contributed by atoms with E-state index < -0.39 is 0 Å². The van der Waals surface area contributed by atoms with Crippen LogP contribution in [0.25, 0.3) is 23.2 Å². The summed E-state index contributed by atoms with van der Waals surface area (Å²) >= 11 is 0. The summed E-state index contributed by atoms with van der Waals surface area (Å²) in [5.41, 5.74) is 4.49. The van der Waals surface area contributed by atoms with E-state index in [0.717, 1.165) is 23.2 Å². The molecule has 0 spiro atoms. The fourth-order valence-electron chi connectivity index (χ4n) is 3.97. The van der Waals surface area contributed by atoms with E-state index in [1.165, 1.54) is 5.56 Å². The van der Waals surface area contributed by atoms with Crippen LogP contribution in [-0.2, 0) is 6.42 Å². The molecule has 1 aliphatic heterocycles. The van der Waals surface area contributed by atoms with Gasteiger partial charge in [-0.15, -0.1) is 0 Å². The summed E-state index contributed by atoms with van der Waals surface area (Å²) in [4.78, 5) is 27.2. The molecular formula is C24H20N4O. The van der Waals surface area contributed by atoms with E-state index in [2.05, 4.69) is 33.9 Å². The highest BCUT2D eigenvalue weighted by molar-refractivity contribution is 5.88. The van der Waals surface area contributed by atoms with E-state index in [1.807, 2.05) is 60.7 Å². The molecule has 29 heavy (non-hydrogen) atoms. The van der Waals surface area contributed by atoms with Gasteiger partial charge in [-0.1, -0.05) is 60.7 Å². The van der Waals surface area contributed by atoms with Crippen molar-refractivity contribution in [2.45, 2.75) is 19.4 Å². The van der Waals surface area contributed by atoms with Gasteiger partial charge in [0.1, 0.15) is 0 Å². The smallest absolute Gasteiger partial charge is 0.262 e. The molecule has 5 nitrogen and oxygen atoms in total. The van der Waals surface area contributed by atoms with Crippen molar-refractivity contribution in [3.8, 4) is 0 Å². The Hall–Kier alpha value is -3.73. The predicted octanol–water partition coefficient (Wildman–Crippen LogP) is 4.57. The van der Waals surface area contributed by atoms with Gasteiger partial charge in [-0.2, -0.15) is 4.98 Å². The number of nitrogens with zero attached hydrogens (tertiary/aromatic N) is 3. The van der Waals surface area contributed by atoms with Gasteiger partial charge >= 0.3 is 0 Å². The average molecular weight is 380 g/mol. The number of anilines is 2. The molecule has 0 amide bonds. The summed E-state index contributed by atoms with van der Waals surface area (Å²) in [6.45, 7) is 2.14. The van der Waals surface area contributed by atoms with Crippen LogP contribution in [0.1, 0.15) is 23.6 Å². The van der Waals surface area contributed by atoms with E-state index >= 15 is 0 Å². The van der Waals surface area contributed by atoms with Crippen LogP contribution >= 0.6 is 0 Å². The number of fused-ring (bicyclic) bond motifs is 2. The van der Waals surface area contributed by atoms with E-state index in [1.54, 1.807) is 6.20 Å². The summed E-state index contributed by atoms with van der Waals surface area (Å²) in [7, 11) is 0. The third kappa shape index (κ3) is 3.10. The van der Waals surface area contributed by atoms with Crippen molar-refractivity contribution in [1.82, 2.24) is 15.0 Å². The third-order valence-corrected chi connectivity index (χ3v) is 5.32. The first-order valence-electron chi connectivity index (χ1n) is 9.70. The van der Waals surface area contributed by atoms with Gasteiger partial charge in [0, 0.05) is 17.9 Å². The average Bonchev–Trinajstić information content (AvgIpc) is 3.08. The molecule has 1 aliphatic rings. The lowest BCUT2D eigenvalue weighted by atomic mass is 10.1. The Bertz CT molecular complexity index is 1280. The van der Waals surface area contributed by atoms with Crippen LogP contribution in [-0.4, -0.2) is 21.0 Å². The Kier molecular flexibility index (Phi) is 4.21. The van der Waals surface area contributed by atoms with Crippen LogP contribution in [0.5, 0.6) is 0 Å². The molecule has 0 bridgehead atoms. The molecule has 0 radical (unpaired) electrons. The highest BCUT2D eigenvalue weighted by atomic mass is 16.1. The molecule has 2 aromatic carbocycles. The normalized spacial score (nSPS) is 15.9. The van der Waals surface area contributed by atoms with Crippen LogP contribution in [0.2, 0.25) is 0 Å². The number of para-hydroxylation sites is 1. The number of H-pyrrole nitrogens is 1. The quantitative estimate of drug-likeness (QED) is 0.565. The maximum Gasteiger partial charge on any atom is 0.262 e. The zero-order valence-electron chi connectivity index (χ0n) is 16.0. The number of rotatable bonds is 3. The van der Waals surface area contributed by atoms with E-state index in [4.69, 9.17) is 4.98 Å². The molecule has 5 rings (SSSR count). The molecule has 3 heterocycles. The van der Waals surface area contributed by atoms with Gasteiger partial charge < -0.3 is 4.90 Å². The van der Waals surface area contributed by atoms with Crippen molar-refractivity contribution >= 4 is 34.8 Å². The minimum Gasteiger partial charge on any atom is -0.309 e. The fraction of sp³-hybridized carbons (Fsp3) is 0.125. The van der Waals surface area contributed by atoms with Crippen molar-refractivity contribution < 1.29 is 0 Å². The van der Waals surface area contributed by atoms with Crippen molar-refractivity contribution in [3.05, 3.63) is 93.9 Å². The van der Waals surface area contributed by atoms with Gasteiger partial charge in [0.05, 0.1) is 5.39 Å². The second kappa shape index (κ2) is 7.02. The largest absolute Gasteiger partial charge is 0.309 e. The summed E-state index contributed by atoms with van der Waals surface area (Å²) in [6, 6.07) is 20.3. The zero-order chi connectivity index (χ0) is 19.8. The van der Waals surface area contributed by atoms with Gasteiger partial charge in [0.2, 0.25) is 5.95 Å². The maximum atomic E-state index is 13.0. The molecule has 142 valence electrons. The molecule has 0 saturated heterocycles. The van der Waals surface area contributed by atoms with Gasteiger partial charge in [-0.3, -0.25) is 9.78 Å². The first kappa shape index (κ1) is 17.4. The van der Waals surface area contributed by atoms with E-state index in [-0.39, 0.29) is 11.6 Å². The number of aromatic nitrogens is 3. The van der Waals surface area contributed by atoms with Crippen molar-refractivity contribution in [2.75, 3.05) is 4.90 Å². The summed E-state index contributed by atoms with van der Waals surface area (Å²) in [6.07, 6.45) is 6.54. The van der Waals surface area contributed by atoms with Crippen LogP contribution in [0.3, 0.4) is 0 Å². The lowest BCUT2D eigenvalue weighted by Crippen LogP contribution is -2.28. The van der Waals surface area contributed by atoms with E-state index in [9.17, 15) is 4.79 Å². The second-order valence-electron chi connectivity index (χ2n) is 7.28. The number of nitrogens with one attached hydrogen (secondary N) is 1. The predicted molar refractivity (Wildman–Crippen MR) is 117 cm³/mol. The summed E-state index contributed by atoms with van der Waals surface area (Å²) in [5.74, 6) is 0.539. The van der Waals surface area contributed by atoms with Crippen molar-refractivity contribution in [1.29, 1.82) is 0 Å². The number of benzene rings is 2. The zero-order valence-corrected chi connectivity index (χ0v) is 16.0. The molecular weight excluding hydrogens is 360 g/mol. The van der Waals surface area contributed by atoms with Crippen LogP contribution in [0, 0.1) is 0 Å². The Morgan fingerprint density at radius 3 is 2.69 bits per heavy atom. The number of aromatic amines is 1. The number of hydrogen-bond donors (Lipinski definition) is 1. The van der Waals surface area contributed by atoms with E-state index in [0.29, 0.717) is 17.0 Å². The Balaban J connectivity index is 1.60. The second-order valence-corrected chi connectivity index (χ2v) is 7.28. The molecule has 1 atom stereocenters. The molecule has 4 aromatic rings. The third-order valence-electron chi connectivity index (χ3n) is 5.32. The lowest BCUT2D eigenvalue weighted by molar-refractivity contribution is 0.740. The molecule has 0 aliphatic carbocycles. The molecule has 0 saturated carbocycles. The monoisotopic (exact) mass is 380 g/mol. The molecule has 0 unspecified atom stereocenters. The highest BCUT2D eigenvalue weighted by Gasteiger charge is 2.28. The Morgan fingerprint density at radius 2 is 1.83 bits per heavy atom. The topological polar surface area (TPSA) is 61.9 Å². The number of hydrogen-bond acceptors (Lipinski definition) is 4. The highest BCUT2D eigenvalue weighted by Crippen LogP contribution is 2.36. The number of pyridine rings is 1. The van der Waals surface area contributed by atoms with Gasteiger partial charge in [0.15, 0.2) is 5.65 Å². The van der Waals surface area contributed by atoms with Gasteiger partial charge in [-0.05, 0) is 42.2 Å². The van der Waals surface area contributed by atoms with Crippen LogP contribution < -0.4 is 10.5 Å². The molecule has 0 fully saturated rings. The van der Waals surface area contributed by atoms with Crippen LogP contribution in [0.4, 0.5) is 11.6 Å². The SMILES string of the molecule is C[C@H]1Cc2ccccc2N1c1nc2nccc(/C=C/c3ccccc3)c2c(=O)[nH]1. The molecule has 5 heteroatoms. The summed E-state index contributed by atoms with van der Waals surface area (Å²) in [5, 5.41) is 0.503. The van der Waals surface area contributed by atoms with Gasteiger partial charge in [-0.25, -0.2) is 4.98 Å². The van der Waals surface area contributed by atoms with Gasteiger partial charge in [0.25, 0.3) is 5.56 Å². The minimum absolute atomic E-state index is 0.178. The standard InChI is InChI=1S/C24H20N4O/c1-16-15-19-9-5-6-10-20(19)28(16)24-26-22-21(23(29)27-24)18(13-14-25-22)12-11-17-7-3-2-4-8-17/h2-14,16H,15H2,1H3,(H,25,26,27,29)/b12-11+/t16-/m0/s1. The van der Waals surface area contributed by atoms with Crippen molar-refractivity contribution in [2.24, 2.45) is 0 Å². The minimum atomic E-state index is -0.178. The lowest BCUT2D eigenvalue weighted by Gasteiger charge is -2.23. The molecule has 2 aromatic heterocycles. The first-order valence-corrected chi connectivity index (χ1v) is 9.70. The maximum absolute atomic E-state index is 13.0. The van der Waals surface area contributed by atoms with Crippen molar-refractivity contribution in [3.63, 3.8) is 0 Å². The Labute approximate surface area is 168 Å². The van der Waals surface area contributed by atoms with Crippen LogP contribution in [0.15, 0.2) is 71.7 Å². The summed E-state index contributed by atoms with van der Waals surface area (Å²) < 4.78 is 0. The first-order chi connectivity index (χ1) is 14.2. The Morgan fingerprint density at radius 1 is 1.03 bits per heavy atom. The fourth-order valence-corrected chi connectivity index (χ4v) is 3.97.